The van der Waals surface area contributed by atoms with Gasteiger partial charge in [0, 0.05) is 30.5 Å². The minimum Gasteiger partial charge on any atom is -0.384 e. The van der Waals surface area contributed by atoms with Crippen LogP contribution in [0.3, 0.4) is 0 Å². The van der Waals surface area contributed by atoms with Crippen molar-refractivity contribution in [3.05, 3.63) is 41.4 Å². The van der Waals surface area contributed by atoms with Gasteiger partial charge in [0.25, 0.3) is 5.91 Å². The molecular weight excluding hydrogens is 470 g/mol. The van der Waals surface area contributed by atoms with Crippen LogP contribution in [0.25, 0.3) is 16.9 Å². The molecule has 4 rings (SSSR count). The minimum atomic E-state index is -1.02. The van der Waals surface area contributed by atoms with Crippen molar-refractivity contribution in [3.8, 4) is 11.3 Å². The van der Waals surface area contributed by atoms with E-state index in [0.29, 0.717) is 27.6 Å². The third-order valence-corrected chi connectivity index (χ3v) is 6.18. The van der Waals surface area contributed by atoms with Crippen molar-refractivity contribution in [2.24, 2.45) is 0 Å². The van der Waals surface area contributed by atoms with E-state index in [9.17, 15) is 14.7 Å². The van der Waals surface area contributed by atoms with Gasteiger partial charge in [-0.15, -0.1) is 0 Å². The number of carbonyl (C=O) groups is 2. The predicted octanol–water partition coefficient (Wildman–Crippen LogP) is 2.80. The van der Waals surface area contributed by atoms with Gasteiger partial charge >= 0.3 is 0 Å². The molecule has 10 nitrogen and oxygen atoms in total. The topological polar surface area (TPSA) is 134 Å². The molecule has 3 heterocycles. The number of nitrogens with one attached hydrogen (secondary N) is 3. The number of nitrogens with zero attached hydrogens (tertiary/aromatic N) is 4. The summed E-state index contributed by atoms with van der Waals surface area (Å²) in [6.45, 7) is 5.46. The molecule has 1 atom stereocenters. The Balaban J connectivity index is 1.49. The van der Waals surface area contributed by atoms with Gasteiger partial charge in [-0.1, -0.05) is 11.6 Å². The van der Waals surface area contributed by atoms with E-state index in [1.165, 1.54) is 6.92 Å². The molecule has 0 aliphatic heterocycles. The minimum absolute atomic E-state index is 0.00217. The SMILES string of the molecule is CC(C)Nc1cc(-c2cnn3cc(Cl)cnc23)ncc1C(=O)NC1CCC(NC(=O)C(C)O)CC1. The summed E-state index contributed by atoms with van der Waals surface area (Å²) in [4.78, 5) is 33.8. The van der Waals surface area contributed by atoms with Gasteiger partial charge in [-0.2, -0.15) is 5.10 Å². The summed E-state index contributed by atoms with van der Waals surface area (Å²) < 4.78 is 1.59. The van der Waals surface area contributed by atoms with E-state index in [2.05, 4.69) is 31.0 Å². The Morgan fingerprint density at radius 3 is 2.40 bits per heavy atom. The molecular formula is C24H30ClN7O3. The standard InChI is InChI=1S/C24H30ClN7O3/c1-13(2)29-21-8-20(18-11-28-32-12-15(25)9-27-22(18)32)26-10-19(21)24(35)31-17-6-4-16(5-7-17)30-23(34)14(3)33/h8-14,16-17,33H,4-7H2,1-3H3,(H,26,29)(H,30,34)(H,31,35). The first kappa shape index (κ1) is 24.9. The molecule has 1 aliphatic carbocycles. The first-order valence-electron chi connectivity index (χ1n) is 11.8. The molecule has 0 bridgehead atoms. The fraction of sp³-hybridized carbons (Fsp3) is 0.458. The van der Waals surface area contributed by atoms with E-state index in [4.69, 9.17) is 11.6 Å². The van der Waals surface area contributed by atoms with Crippen LogP contribution in [-0.2, 0) is 4.79 Å². The number of amides is 2. The van der Waals surface area contributed by atoms with Crippen molar-refractivity contribution >= 4 is 34.7 Å². The van der Waals surface area contributed by atoms with Gasteiger partial charge in [0.1, 0.15) is 6.10 Å². The van der Waals surface area contributed by atoms with Crippen LogP contribution < -0.4 is 16.0 Å². The summed E-state index contributed by atoms with van der Waals surface area (Å²) in [6.07, 6.45) is 8.42. The van der Waals surface area contributed by atoms with E-state index >= 15 is 0 Å². The zero-order valence-corrected chi connectivity index (χ0v) is 20.7. The van der Waals surface area contributed by atoms with Crippen LogP contribution in [0, 0.1) is 0 Å². The molecule has 0 radical (unpaired) electrons. The molecule has 0 spiro atoms. The zero-order chi connectivity index (χ0) is 25.1. The lowest BCUT2D eigenvalue weighted by atomic mass is 9.90. The summed E-state index contributed by atoms with van der Waals surface area (Å²) in [6, 6.07) is 1.96. The van der Waals surface area contributed by atoms with Crippen LogP contribution >= 0.6 is 11.6 Å². The van der Waals surface area contributed by atoms with Gasteiger partial charge in [0.05, 0.1) is 39.9 Å². The van der Waals surface area contributed by atoms with E-state index in [-0.39, 0.29) is 29.9 Å². The lowest BCUT2D eigenvalue weighted by Gasteiger charge is -2.30. The smallest absolute Gasteiger partial charge is 0.255 e. The Labute approximate surface area is 208 Å². The van der Waals surface area contributed by atoms with Crippen LogP contribution in [0.2, 0.25) is 5.02 Å². The number of hydrogen-bond donors (Lipinski definition) is 4. The largest absolute Gasteiger partial charge is 0.384 e. The highest BCUT2D eigenvalue weighted by molar-refractivity contribution is 6.30. The Kier molecular flexibility index (Phi) is 7.51. The maximum absolute atomic E-state index is 13.2. The first-order chi connectivity index (χ1) is 16.7. The molecule has 35 heavy (non-hydrogen) atoms. The lowest BCUT2D eigenvalue weighted by Crippen LogP contribution is -2.46. The maximum atomic E-state index is 13.2. The summed E-state index contributed by atoms with van der Waals surface area (Å²) in [7, 11) is 0. The van der Waals surface area contributed by atoms with E-state index in [1.807, 2.05) is 19.9 Å². The number of anilines is 1. The third kappa shape index (κ3) is 5.88. The van der Waals surface area contributed by atoms with Gasteiger partial charge in [-0.3, -0.25) is 14.6 Å². The average molecular weight is 500 g/mol. The van der Waals surface area contributed by atoms with Crippen LogP contribution in [0.15, 0.2) is 30.9 Å². The summed E-state index contributed by atoms with van der Waals surface area (Å²) in [5.41, 5.74) is 3.13. The second kappa shape index (κ2) is 10.6. The van der Waals surface area contributed by atoms with E-state index < -0.39 is 6.10 Å². The predicted molar refractivity (Wildman–Crippen MR) is 133 cm³/mol. The average Bonchev–Trinajstić information content (AvgIpc) is 3.22. The molecule has 11 heteroatoms. The maximum Gasteiger partial charge on any atom is 0.255 e. The number of fused-ring (bicyclic) bond motifs is 1. The monoisotopic (exact) mass is 499 g/mol. The molecule has 1 unspecified atom stereocenters. The second-order valence-electron chi connectivity index (χ2n) is 9.22. The Hall–Kier alpha value is -3.24. The fourth-order valence-electron chi connectivity index (χ4n) is 4.21. The quantitative estimate of drug-likeness (QED) is 0.392. The first-order valence-corrected chi connectivity index (χ1v) is 12.1. The van der Waals surface area contributed by atoms with Crippen LogP contribution in [0.5, 0.6) is 0 Å². The third-order valence-electron chi connectivity index (χ3n) is 5.98. The van der Waals surface area contributed by atoms with Gasteiger partial charge in [-0.05, 0) is 52.5 Å². The Bertz CT molecular complexity index is 1220. The van der Waals surface area contributed by atoms with E-state index in [0.717, 1.165) is 31.2 Å². The van der Waals surface area contributed by atoms with Crippen molar-refractivity contribution in [2.75, 3.05) is 5.32 Å². The Morgan fingerprint density at radius 2 is 1.74 bits per heavy atom. The number of carbonyl (C=O) groups excluding carboxylic acids is 2. The molecule has 4 N–H and O–H groups in total. The molecule has 1 aliphatic rings. The number of hydrogen-bond acceptors (Lipinski definition) is 7. The lowest BCUT2D eigenvalue weighted by molar-refractivity contribution is -0.129. The number of halogens is 1. The van der Waals surface area contributed by atoms with Crippen molar-refractivity contribution < 1.29 is 14.7 Å². The highest BCUT2D eigenvalue weighted by Crippen LogP contribution is 2.28. The normalized spacial score (nSPS) is 18.9. The van der Waals surface area contributed by atoms with Gasteiger partial charge in [0.15, 0.2) is 5.65 Å². The summed E-state index contributed by atoms with van der Waals surface area (Å²) >= 11 is 6.01. The molecule has 186 valence electrons. The summed E-state index contributed by atoms with van der Waals surface area (Å²) in [5, 5.41) is 23.5. The summed E-state index contributed by atoms with van der Waals surface area (Å²) in [5.74, 6) is -0.564. The van der Waals surface area contributed by atoms with Gasteiger partial charge in [0.2, 0.25) is 5.91 Å². The molecule has 0 aromatic carbocycles. The molecule has 3 aromatic heterocycles. The van der Waals surface area contributed by atoms with Crippen molar-refractivity contribution in [1.82, 2.24) is 30.2 Å². The number of aliphatic hydroxyl groups is 1. The fourth-order valence-corrected chi connectivity index (χ4v) is 4.35. The number of rotatable bonds is 7. The van der Waals surface area contributed by atoms with Gasteiger partial charge in [-0.25, -0.2) is 9.50 Å². The molecule has 3 aromatic rings. The van der Waals surface area contributed by atoms with Crippen molar-refractivity contribution in [1.29, 1.82) is 0 Å². The van der Waals surface area contributed by atoms with E-state index in [1.54, 1.807) is 29.3 Å². The Morgan fingerprint density at radius 1 is 1.06 bits per heavy atom. The van der Waals surface area contributed by atoms with Crippen LogP contribution in [0.4, 0.5) is 5.69 Å². The second-order valence-corrected chi connectivity index (χ2v) is 9.66. The van der Waals surface area contributed by atoms with Crippen LogP contribution in [-0.4, -0.2) is 60.7 Å². The van der Waals surface area contributed by atoms with Crippen LogP contribution in [0.1, 0.15) is 56.8 Å². The van der Waals surface area contributed by atoms with Gasteiger partial charge < -0.3 is 21.1 Å². The number of aromatic nitrogens is 4. The number of aliphatic hydroxyl groups excluding tert-OH is 1. The van der Waals surface area contributed by atoms with Crippen molar-refractivity contribution in [3.63, 3.8) is 0 Å². The highest BCUT2D eigenvalue weighted by atomic mass is 35.5. The van der Waals surface area contributed by atoms with Crippen molar-refractivity contribution in [2.45, 2.75) is 70.7 Å². The number of pyridine rings is 1. The molecule has 1 saturated carbocycles. The zero-order valence-electron chi connectivity index (χ0n) is 20.0. The highest BCUT2D eigenvalue weighted by Gasteiger charge is 2.26. The molecule has 1 fully saturated rings. The molecule has 2 amide bonds. The molecule has 0 saturated heterocycles.